The van der Waals surface area contributed by atoms with Crippen LogP contribution in [-0.2, 0) is 16.1 Å². The van der Waals surface area contributed by atoms with E-state index in [-0.39, 0.29) is 12.6 Å². The summed E-state index contributed by atoms with van der Waals surface area (Å²) in [6.07, 6.45) is 1.20. The van der Waals surface area contributed by atoms with Crippen molar-refractivity contribution in [2.24, 2.45) is 0 Å². The van der Waals surface area contributed by atoms with Crippen molar-refractivity contribution in [2.75, 3.05) is 0 Å². The number of fused-ring (bicyclic) bond motifs is 2. The molecule has 4 heteroatoms. The van der Waals surface area contributed by atoms with Gasteiger partial charge < -0.3 is 9.15 Å². The third-order valence-electron chi connectivity index (χ3n) is 3.11. The number of nitrogens with zero attached hydrogens (tertiary/aromatic N) is 1. The van der Waals surface area contributed by atoms with E-state index in [4.69, 9.17) is 9.15 Å². The molecule has 0 unspecified atom stereocenters. The molecule has 2 aromatic carbocycles. The van der Waals surface area contributed by atoms with Crippen molar-refractivity contribution in [1.29, 1.82) is 0 Å². The topological polar surface area (TPSA) is 52.3 Å². The van der Waals surface area contributed by atoms with Gasteiger partial charge in [-0.15, -0.1) is 0 Å². The van der Waals surface area contributed by atoms with Crippen LogP contribution in [0.15, 0.2) is 40.8 Å². The van der Waals surface area contributed by atoms with Crippen molar-refractivity contribution in [3.63, 3.8) is 0 Å². The van der Waals surface area contributed by atoms with Gasteiger partial charge in [0.1, 0.15) is 5.52 Å². The summed E-state index contributed by atoms with van der Waals surface area (Å²) in [5.41, 5.74) is 1.50. The number of aromatic nitrogens is 1. The Morgan fingerprint density at radius 1 is 1.25 bits per heavy atom. The van der Waals surface area contributed by atoms with Gasteiger partial charge in [0, 0.05) is 6.42 Å². The number of benzene rings is 2. The zero-order valence-electron chi connectivity index (χ0n) is 11.3. The lowest BCUT2D eigenvalue weighted by Gasteiger charge is -1.99. The maximum absolute atomic E-state index is 11.3. The quantitative estimate of drug-likeness (QED) is 0.675. The van der Waals surface area contributed by atoms with Crippen molar-refractivity contribution in [3.8, 4) is 0 Å². The third-order valence-corrected chi connectivity index (χ3v) is 3.11. The van der Waals surface area contributed by atoms with Crippen LogP contribution in [-0.4, -0.2) is 11.0 Å². The van der Waals surface area contributed by atoms with E-state index >= 15 is 0 Å². The second-order valence-electron chi connectivity index (χ2n) is 4.69. The third kappa shape index (κ3) is 2.50. The first-order chi connectivity index (χ1) is 9.76. The van der Waals surface area contributed by atoms with Gasteiger partial charge in [0.25, 0.3) is 0 Å². The Balaban J connectivity index is 1.86. The predicted molar refractivity (Wildman–Crippen MR) is 76.2 cm³/mol. The van der Waals surface area contributed by atoms with Crippen LogP contribution in [0.3, 0.4) is 0 Å². The van der Waals surface area contributed by atoms with Crippen molar-refractivity contribution < 1.29 is 13.9 Å². The first-order valence-corrected chi connectivity index (χ1v) is 6.70. The smallest absolute Gasteiger partial charge is 0.306 e. The maximum Gasteiger partial charge on any atom is 0.306 e. The molecule has 0 N–H and O–H groups in total. The van der Waals surface area contributed by atoms with E-state index < -0.39 is 0 Å². The second-order valence-corrected chi connectivity index (χ2v) is 4.69. The average molecular weight is 269 g/mol. The molecule has 0 spiro atoms. The fourth-order valence-corrected chi connectivity index (χ4v) is 2.14. The summed E-state index contributed by atoms with van der Waals surface area (Å²) < 4.78 is 10.7. The minimum absolute atomic E-state index is 0.0872. The summed E-state index contributed by atoms with van der Waals surface area (Å²) in [5.74, 6) is 0.208. The SMILES string of the molecule is CCCC(=O)OCc1nc2cc3ccccc3cc2o1. The molecule has 4 nitrogen and oxygen atoms in total. The lowest BCUT2D eigenvalue weighted by atomic mass is 10.1. The number of esters is 1. The summed E-state index contributed by atoms with van der Waals surface area (Å²) in [4.78, 5) is 15.7. The summed E-state index contributed by atoms with van der Waals surface area (Å²) in [6, 6.07) is 12.0. The van der Waals surface area contributed by atoms with Crippen LogP contribution in [0.2, 0.25) is 0 Å². The summed E-state index contributed by atoms with van der Waals surface area (Å²) in [6.45, 7) is 2.02. The van der Waals surface area contributed by atoms with Crippen LogP contribution >= 0.6 is 0 Å². The van der Waals surface area contributed by atoms with Gasteiger partial charge in [-0.2, -0.15) is 0 Å². The Kier molecular flexibility index (Phi) is 3.37. The monoisotopic (exact) mass is 269 g/mol. The molecular formula is C16H15NO3. The van der Waals surface area contributed by atoms with Gasteiger partial charge in [-0.3, -0.25) is 4.79 Å². The van der Waals surface area contributed by atoms with E-state index in [0.29, 0.717) is 17.9 Å². The molecule has 0 radical (unpaired) electrons. The highest BCUT2D eigenvalue weighted by Crippen LogP contribution is 2.23. The molecule has 0 atom stereocenters. The van der Waals surface area contributed by atoms with Crippen molar-refractivity contribution in [2.45, 2.75) is 26.4 Å². The van der Waals surface area contributed by atoms with E-state index in [0.717, 1.165) is 22.7 Å². The standard InChI is InChI=1S/C16H15NO3/c1-2-5-16(18)19-10-15-17-13-8-11-6-3-4-7-12(11)9-14(13)20-15/h3-4,6-9H,2,5,10H2,1H3. The highest BCUT2D eigenvalue weighted by Gasteiger charge is 2.09. The van der Waals surface area contributed by atoms with Gasteiger partial charge >= 0.3 is 5.97 Å². The molecule has 0 saturated heterocycles. The minimum Gasteiger partial charge on any atom is -0.456 e. The molecule has 0 fully saturated rings. The van der Waals surface area contributed by atoms with Gasteiger partial charge in [0.05, 0.1) is 0 Å². The van der Waals surface area contributed by atoms with Crippen LogP contribution in [0.5, 0.6) is 0 Å². The first-order valence-electron chi connectivity index (χ1n) is 6.70. The number of rotatable bonds is 4. The van der Waals surface area contributed by atoms with Crippen LogP contribution in [0.25, 0.3) is 21.9 Å². The fraction of sp³-hybridized carbons (Fsp3) is 0.250. The molecule has 0 saturated carbocycles. The summed E-state index contributed by atoms with van der Waals surface area (Å²) in [7, 11) is 0. The highest BCUT2D eigenvalue weighted by molar-refractivity contribution is 5.94. The largest absolute Gasteiger partial charge is 0.456 e. The van der Waals surface area contributed by atoms with Crippen LogP contribution in [0.4, 0.5) is 0 Å². The lowest BCUT2D eigenvalue weighted by molar-refractivity contribution is -0.145. The Morgan fingerprint density at radius 3 is 2.75 bits per heavy atom. The molecule has 20 heavy (non-hydrogen) atoms. The molecule has 1 heterocycles. The fourth-order valence-electron chi connectivity index (χ4n) is 2.14. The molecule has 102 valence electrons. The minimum atomic E-state index is -0.222. The van der Waals surface area contributed by atoms with Crippen LogP contribution in [0.1, 0.15) is 25.7 Å². The number of oxazole rings is 1. The molecule has 0 bridgehead atoms. The van der Waals surface area contributed by atoms with E-state index in [2.05, 4.69) is 4.98 Å². The molecule has 0 amide bonds. The van der Waals surface area contributed by atoms with Gasteiger partial charge in [0.15, 0.2) is 12.2 Å². The van der Waals surface area contributed by atoms with Gasteiger partial charge in [-0.25, -0.2) is 4.98 Å². The molecule has 0 aliphatic heterocycles. The zero-order chi connectivity index (χ0) is 13.9. The Bertz CT molecular complexity index is 708. The number of carbonyl (C=O) groups is 1. The molecule has 3 rings (SSSR count). The van der Waals surface area contributed by atoms with Gasteiger partial charge in [0.2, 0.25) is 5.89 Å². The second kappa shape index (κ2) is 5.33. The number of hydrogen-bond acceptors (Lipinski definition) is 4. The Hall–Kier alpha value is -2.36. The predicted octanol–water partition coefficient (Wildman–Crippen LogP) is 3.82. The molecular weight excluding hydrogens is 254 g/mol. The van der Waals surface area contributed by atoms with Crippen molar-refractivity contribution in [1.82, 2.24) is 4.98 Å². The Labute approximate surface area is 116 Å². The zero-order valence-corrected chi connectivity index (χ0v) is 11.3. The maximum atomic E-state index is 11.3. The lowest BCUT2D eigenvalue weighted by Crippen LogP contribution is -2.03. The Morgan fingerprint density at radius 2 is 2.00 bits per heavy atom. The number of hydrogen-bond donors (Lipinski definition) is 0. The van der Waals surface area contributed by atoms with Crippen LogP contribution in [0, 0.1) is 0 Å². The van der Waals surface area contributed by atoms with E-state index in [9.17, 15) is 4.79 Å². The molecule has 0 aliphatic carbocycles. The number of carbonyl (C=O) groups excluding carboxylic acids is 1. The summed E-state index contributed by atoms with van der Waals surface area (Å²) in [5, 5.41) is 2.22. The number of ether oxygens (including phenoxy) is 1. The highest BCUT2D eigenvalue weighted by atomic mass is 16.5. The van der Waals surface area contributed by atoms with Crippen molar-refractivity contribution >= 4 is 27.8 Å². The molecule has 1 aromatic heterocycles. The molecule has 3 aromatic rings. The van der Waals surface area contributed by atoms with E-state index in [1.807, 2.05) is 43.3 Å². The van der Waals surface area contributed by atoms with E-state index in [1.54, 1.807) is 0 Å². The van der Waals surface area contributed by atoms with Gasteiger partial charge in [-0.05, 0) is 29.3 Å². The van der Waals surface area contributed by atoms with Crippen molar-refractivity contribution in [3.05, 3.63) is 42.3 Å². The van der Waals surface area contributed by atoms with E-state index in [1.165, 1.54) is 0 Å². The first kappa shape index (κ1) is 12.7. The molecule has 0 aliphatic rings. The normalized spacial score (nSPS) is 11.1. The summed E-state index contributed by atoms with van der Waals surface area (Å²) >= 11 is 0. The van der Waals surface area contributed by atoms with Crippen LogP contribution < -0.4 is 0 Å². The average Bonchev–Trinajstić information content (AvgIpc) is 2.84. The van der Waals surface area contributed by atoms with Gasteiger partial charge in [-0.1, -0.05) is 31.2 Å².